The van der Waals surface area contributed by atoms with Crippen LogP contribution in [0.1, 0.15) is 35.6 Å². The van der Waals surface area contributed by atoms with Crippen LogP contribution in [-0.2, 0) is 6.42 Å². The molecule has 2 aromatic heterocycles. The molecule has 0 unspecified atom stereocenters. The summed E-state index contributed by atoms with van der Waals surface area (Å²) in [4.78, 5) is 22.2. The number of aryl methyl sites for hydroxylation is 2. The van der Waals surface area contributed by atoms with Crippen molar-refractivity contribution in [3.05, 3.63) is 53.5 Å². The molecule has 0 aliphatic carbocycles. The normalized spacial score (nSPS) is 15.3. The summed E-state index contributed by atoms with van der Waals surface area (Å²) in [7, 11) is 0. The first-order valence-electron chi connectivity index (χ1n) is 10.1. The average molecular weight is 377 g/mol. The van der Waals surface area contributed by atoms with Crippen LogP contribution in [0.2, 0.25) is 0 Å². The maximum Gasteiger partial charge on any atom is 0.257 e. The Bertz CT molecular complexity index is 987. The quantitative estimate of drug-likeness (QED) is 0.701. The van der Waals surface area contributed by atoms with E-state index in [9.17, 15) is 4.79 Å². The van der Waals surface area contributed by atoms with Crippen molar-refractivity contribution >= 4 is 11.6 Å². The number of piperazine rings is 1. The minimum absolute atomic E-state index is 0.0661. The van der Waals surface area contributed by atoms with Crippen molar-refractivity contribution in [3.8, 4) is 11.1 Å². The number of amides is 1. The van der Waals surface area contributed by atoms with Gasteiger partial charge in [-0.05, 0) is 25.5 Å². The van der Waals surface area contributed by atoms with Crippen molar-refractivity contribution in [1.29, 1.82) is 0 Å². The van der Waals surface area contributed by atoms with E-state index in [0.29, 0.717) is 5.56 Å². The van der Waals surface area contributed by atoms with E-state index in [0.717, 1.165) is 67.3 Å². The molecule has 6 nitrogen and oxygen atoms in total. The summed E-state index contributed by atoms with van der Waals surface area (Å²) >= 11 is 0. The van der Waals surface area contributed by atoms with Crippen molar-refractivity contribution in [2.75, 3.05) is 32.7 Å². The molecule has 1 aromatic carbocycles. The molecule has 28 heavy (non-hydrogen) atoms. The van der Waals surface area contributed by atoms with E-state index in [1.165, 1.54) is 0 Å². The van der Waals surface area contributed by atoms with Crippen LogP contribution in [0.3, 0.4) is 0 Å². The lowest BCUT2D eigenvalue weighted by Gasteiger charge is -2.34. The number of nitrogens with zero attached hydrogens (tertiary/aromatic N) is 5. The Hall–Kier alpha value is -2.73. The van der Waals surface area contributed by atoms with Gasteiger partial charge < -0.3 is 9.80 Å². The number of benzene rings is 1. The van der Waals surface area contributed by atoms with Gasteiger partial charge >= 0.3 is 0 Å². The third-order valence-electron chi connectivity index (χ3n) is 5.65. The van der Waals surface area contributed by atoms with Crippen LogP contribution in [0.5, 0.6) is 0 Å². The number of hydrogen-bond acceptors (Lipinski definition) is 4. The molecule has 0 radical (unpaired) electrons. The number of fused-ring (bicyclic) bond motifs is 1. The van der Waals surface area contributed by atoms with E-state index in [-0.39, 0.29) is 5.91 Å². The summed E-state index contributed by atoms with van der Waals surface area (Å²) < 4.78 is 1.87. The van der Waals surface area contributed by atoms with Crippen LogP contribution in [-0.4, -0.2) is 63.0 Å². The molecule has 1 saturated heterocycles. The van der Waals surface area contributed by atoms with Gasteiger partial charge in [0.2, 0.25) is 0 Å². The highest BCUT2D eigenvalue weighted by atomic mass is 16.2. The highest BCUT2D eigenvalue weighted by Crippen LogP contribution is 2.28. The van der Waals surface area contributed by atoms with Crippen LogP contribution in [0.15, 0.2) is 36.5 Å². The molecule has 0 N–H and O–H groups in total. The maximum atomic E-state index is 13.2. The zero-order valence-corrected chi connectivity index (χ0v) is 16.9. The van der Waals surface area contributed by atoms with Crippen molar-refractivity contribution in [3.63, 3.8) is 0 Å². The molecule has 1 aliphatic rings. The maximum absolute atomic E-state index is 13.2. The Balaban J connectivity index is 1.74. The fraction of sp³-hybridized carbons (Fsp3) is 0.409. The van der Waals surface area contributed by atoms with Gasteiger partial charge in [-0.3, -0.25) is 4.79 Å². The van der Waals surface area contributed by atoms with E-state index < -0.39 is 0 Å². The molecular weight excluding hydrogens is 350 g/mol. The van der Waals surface area contributed by atoms with Gasteiger partial charge in [0, 0.05) is 37.9 Å². The fourth-order valence-electron chi connectivity index (χ4n) is 4.04. The molecular formula is C22H27N5O. The van der Waals surface area contributed by atoms with Crippen molar-refractivity contribution in [2.24, 2.45) is 0 Å². The second-order valence-electron chi connectivity index (χ2n) is 7.26. The molecule has 3 heterocycles. The number of carbonyl (C=O) groups excluding carboxylic acids is 1. The van der Waals surface area contributed by atoms with Gasteiger partial charge in [0.1, 0.15) is 0 Å². The monoisotopic (exact) mass is 377 g/mol. The summed E-state index contributed by atoms with van der Waals surface area (Å²) in [6.07, 6.45) is 2.47. The molecule has 1 aliphatic heterocycles. The average Bonchev–Trinajstić information content (AvgIpc) is 3.09. The van der Waals surface area contributed by atoms with Crippen LogP contribution in [0.4, 0.5) is 0 Å². The summed E-state index contributed by atoms with van der Waals surface area (Å²) in [5.74, 6) is 0.0661. The van der Waals surface area contributed by atoms with Crippen LogP contribution in [0.25, 0.3) is 16.8 Å². The van der Waals surface area contributed by atoms with Crippen molar-refractivity contribution in [2.45, 2.75) is 27.2 Å². The van der Waals surface area contributed by atoms with E-state index in [1.807, 2.05) is 34.5 Å². The predicted molar refractivity (Wildman–Crippen MR) is 111 cm³/mol. The third-order valence-corrected chi connectivity index (χ3v) is 5.65. The molecule has 0 atom stereocenters. The number of aromatic nitrogens is 3. The molecule has 0 spiro atoms. The molecule has 3 aromatic rings. The topological polar surface area (TPSA) is 53.7 Å². The SMILES string of the molecule is CCc1c(C(=O)N2CCN(CC)CC2)cnc2c(-c3ccccc3)c(C)nn12. The lowest BCUT2D eigenvalue weighted by molar-refractivity contribution is 0.0641. The Labute approximate surface area is 165 Å². The summed E-state index contributed by atoms with van der Waals surface area (Å²) in [5, 5.41) is 4.75. The molecule has 4 rings (SSSR count). The second-order valence-corrected chi connectivity index (χ2v) is 7.26. The van der Waals surface area contributed by atoms with Gasteiger partial charge in [-0.15, -0.1) is 0 Å². The third kappa shape index (κ3) is 3.18. The number of hydrogen-bond donors (Lipinski definition) is 0. The van der Waals surface area contributed by atoms with Gasteiger partial charge in [0.25, 0.3) is 5.91 Å². The lowest BCUT2D eigenvalue weighted by atomic mass is 10.1. The Morgan fingerprint density at radius 2 is 1.79 bits per heavy atom. The van der Waals surface area contributed by atoms with Crippen LogP contribution < -0.4 is 0 Å². The first-order valence-corrected chi connectivity index (χ1v) is 10.1. The smallest absolute Gasteiger partial charge is 0.257 e. The number of rotatable bonds is 4. The largest absolute Gasteiger partial charge is 0.336 e. The van der Waals surface area contributed by atoms with Crippen LogP contribution in [0, 0.1) is 6.92 Å². The molecule has 0 saturated carbocycles. The zero-order valence-electron chi connectivity index (χ0n) is 16.9. The minimum Gasteiger partial charge on any atom is -0.336 e. The van der Waals surface area contributed by atoms with Gasteiger partial charge in [0.05, 0.1) is 17.0 Å². The molecule has 1 amide bonds. The summed E-state index contributed by atoms with van der Waals surface area (Å²) in [6, 6.07) is 10.2. The van der Waals surface area contributed by atoms with E-state index >= 15 is 0 Å². The van der Waals surface area contributed by atoms with Crippen LogP contribution >= 0.6 is 0 Å². The molecule has 1 fully saturated rings. The number of likely N-dealkylation sites (N-methyl/N-ethyl adjacent to an activating group) is 1. The van der Waals surface area contributed by atoms with Crippen molar-refractivity contribution < 1.29 is 4.79 Å². The standard InChI is InChI=1S/C22H27N5O/c1-4-19-18(22(28)26-13-11-25(5-2)12-14-26)15-23-21-20(16(3)24-27(19)21)17-9-7-6-8-10-17/h6-10,15H,4-5,11-14H2,1-3H3. The Kier molecular flexibility index (Phi) is 5.13. The Morgan fingerprint density at radius 1 is 1.07 bits per heavy atom. The van der Waals surface area contributed by atoms with Gasteiger partial charge in [0.15, 0.2) is 5.65 Å². The van der Waals surface area contributed by atoms with Gasteiger partial charge in [-0.25, -0.2) is 9.50 Å². The number of carbonyl (C=O) groups is 1. The van der Waals surface area contributed by atoms with E-state index in [1.54, 1.807) is 6.20 Å². The minimum atomic E-state index is 0.0661. The first kappa shape index (κ1) is 18.6. The molecule has 146 valence electrons. The highest BCUT2D eigenvalue weighted by Gasteiger charge is 2.25. The first-order chi connectivity index (χ1) is 13.6. The zero-order chi connectivity index (χ0) is 19.7. The highest BCUT2D eigenvalue weighted by molar-refractivity contribution is 5.96. The second kappa shape index (κ2) is 7.72. The van der Waals surface area contributed by atoms with Gasteiger partial charge in [-0.1, -0.05) is 44.2 Å². The Morgan fingerprint density at radius 3 is 2.43 bits per heavy atom. The summed E-state index contributed by atoms with van der Waals surface area (Å²) in [6.45, 7) is 10.7. The van der Waals surface area contributed by atoms with E-state index in [2.05, 4.69) is 35.9 Å². The lowest BCUT2D eigenvalue weighted by Crippen LogP contribution is -2.48. The predicted octanol–water partition coefficient (Wildman–Crippen LogP) is 3.04. The van der Waals surface area contributed by atoms with Crippen molar-refractivity contribution in [1.82, 2.24) is 24.4 Å². The fourth-order valence-corrected chi connectivity index (χ4v) is 4.04. The van der Waals surface area contributed by atoms with E-state index in [4.69, 9.17) is 5.10 Å². The summed E-state index contributed by atoms with van der Waals surface area (Å²) in [5.41, 5.74) is 5.47. The molecule has 0 bridgehead atoms. The van der Waals surface area contributed by atoms with Gasteiger partial charge in [-0.2, -0.15) is 5.10 Å². The molecule has 6 heteroatoms.